The van der Waals surface area contributed by atoms with Crippen molar-refractivity contribution in [3.05, 3.63) is 53.9 Å². The number of H-pyrrole nitrogens is 1. The third kappa shape index (κ3) is 2.60. The van der Waals surface area contributed by atoms with E-state index in [-0.39, 0.29) is 12.4 Å². The zero-order valence-corrected chi connectivity index (χ0v) is 7.92. The highest BCUT2D eigenvalue weighted by Gasteiger charge is 1.95. The van der Waals surface area contributed by atoms with Gasteiger partial charge >= 0.3 is 0 Å². The lowest BCUT2D eigenvalue weighted by Gasteiger charge is -1.95. The highest BCUT2D eigenvalue weighted by molar-refractivity contribution is 5.85. The lowest BCUT2D eigenvalue weighted by Crippen LogP contribution is -1.86. The van der Waals surface area contributed by atoms with Crippen LogP contribution in [0.1, 0.15) is 11.3 Å². The van der Waals surface area contributed by atoms with Crippen LogP contribution in [0.15, 0.2) is 42.6 Å². The number of nitrogens with one attached hydrogen (secondary N) is 1. The van der Waals surface area contributed by atoms with Crippen LogP contribution in [0, 0.1) is 0 Å². The molecule has 0 radical (unpaired) electrons. The molecule has 1 heterocycles. The lowest BCUT2D eigenvalue weighted by atomic mass is 10.1. The first-order chi connectivity index (χ1) is 5.95. The van der Waals surface area contributed by atoms with Gasteiger partial charge in [-0.1, -0.05) is 30.3 Å². The molecular formula is C10H11ClN2. The van der Waals surface area contributed by atoms with Gasteiger partial charge in [-0.15, -0.1) is 12.4 Å². The average Bonchev–Trinajstić information content (AvgIpc) is 2.59. The summed E-state index contributed by atoms with van der Waals surface area (Å²) in [6.07, 6.45) is 2.75. The maximum Gasteiger partial charge on any atom is 0.0665 e. The van der Waals surface area contributed by atoms with Crippen molar-refractivity contribution < 1.29 is 0 Å². The van der Waals surface area contributed by atoms with E-state index in [0.717, 1.165) is 12.1 Å². The molecule has 0 aliphatic heterocycles. The number of nitrogens with zero attached hydrogens (tertiary/aromatic N) is 1. The van der Waals surface area contributed by atoms with E-state index in [1.54, 1.807) is 0 Å². The van der Waals surface area contributed by atoms with Crippen LogP contribution in [0.4, 0.5) is 0 Å². The quantitative estimate of drug-likeness (QED) is 0.782. The van der Waals surface area contributed by atoms with Crippen molar-refractivity contribution in [3.63, 3.8) is 0 Å². The Balaban J connectivity index is 0.000000845. The molecule has 1 aromatic heterocycles. The van der Waals surface area contributed by atoms with Crippen molar-refractivity contribution in [2.75, 3.05) is 0 Å². The minimum atomic E-state index is 0. The fourth-order valence-corrected chi connectivity index (χ4v) is 1.19. The summed E-state index contributed by atoms with van der Waals surface area (Å²) in [7, 11) is 0. The molecule has 0 saturated carbocycles. The molecule has 0 aliphatic rings. The third-order valence-electron chi connectivity index (χ3n) is 1.79. The van der Waals surface area contributed by atoms with Gasteiger partial charge in [0.2, 0.25) is 0 Å². The fraction of sp³-hybridized carbons (Fsp3) is 0.100. The Kier molecular flexibility index (Phi) is 3.53. The molecule has 1 N–H and O–H groups in total. The molecule has 68 valence electrons. The van der Waals surface area contributed by atoms with Crippen molar-refractivity contribution in [1.29, 1.82) is 0 Å². The van der Waals surface area contributed by atoms with Crippen LogP contribution in [-0.4, -0.2) is 10.2 Å². The van der Waals surface area contributed by atoms with E-state index in [9.17, 15) is 0 Å². The number of hydrogen-bond acceptors (Lipinski definition) is 1. The van der Waals surface area contributed by atoms with Crippen LogP contribution in [0.25, 0.3) is 0 Å². The minimum absolute atomic E-state index is 0. The maximum absolute atomic E-state index is 4.09. The Morgan fingerprint density at radius 1 is 1.08 bits per heavy atom. The van der Waals surface area contributed by atoms with Gasteiger partial charge < -0.3 is 0 Å². The SMILES string of the molecule is Cl.c1ccc(Cc2cc[nH]n2)cc1. The molecule has 0 unspecified atom stereocenters. The first-order valence-corrected chi connectivity index (χ1v) is 3.98. The van der Waals surface area contributed by atoms with Crippen molar-refractivity contribution in [3.8, 4) is 0 Å². The largest absolute Gasteiger partial charge is 0.285 e. The first kappa shape index (κ1) is 9.81. The molecule has 0 bridgehead atoms. The molecule has 13 heavy (non-hydrogen) atoms. The van der Waals surface area contributed by atoms with Gasteiger partial charge in [0, 0.05) is 12.6 Å². The molecule has 2 aromatic rings. The summed E-state index contributed by atoms with van der Waals surface area (Å²) in [4.78, 5) is 0. The van der Waals surface area contributed by atoms with Gasteiger partial charge in [0.25, 0.3) is 0 Å². The second-order valence-electron chi connectivity index (χ2n) is 2.73. The van der Waals surface area contributed by atoms with Crippen molar-refractivity contribution in [1.82, 2.24) is 10.2 Å². The second kappa shape index (κ2) is 4.67. The van der Waals surface area contributed by atoms with Crippen LogP contribution >= 0.6 is 12.4 Å². The van der Waals surface area contributed by atoms with Crippen molar-refractivity contribution in [2.24, 2.45) is 0 Å². The van der Waals surface area contributed by atoms with E-state index in [1.165, 1.54) is 5.56 Å². The van der Waals surface area contributed by atoms with Gasteiger partial charge in [-0.25, -0.2) is 0 Å². The molecule has 1 aromatic carbocycles. The fourth-order valence-electron chi connectivity index (χ4n) is 1.19. The number of hydrogen-bond donors (Lipinski definition) is 1. The van der Waals surface area contributed by atoms with Gasteiger partial charge in [0.1, 0.15) is 0 Å². The van der Waals surface area contributed by atoms with E-state index in [2.05, 4.69) is 22.3 Å². The van der Waals surface area contributed by atoms with Gasteiger partial charge in [0.15, 0.2) is 0 Å². The Morgan fingerprint density at radius 3 is 2.46 bits per heavy atom. The summed E-state index contributed by atoms with van der Waals surface area (Å²) in [5.74, 6) is 0. The molecule has 0 amide bonds. The Bertz CT molecular complexity index is 329. The predicted octanol–water partition coefficient (Wildman–Crippen LogP) is 2.42. The highest BCUT2D eigenvalue weighted by Crippen LogP contribution is 2.04. The third-order valence-corrected chi connectivity index (χ3v) is 1.79. The van der Waals surface area contributed by atoms with Gasteiger partial charge in [-0.05, 0) is 11.6 Å². The molecule has 2 nitrogen and oxygen atoms in total. The van der Waals surface area contributed by atoms with Crippen LogP contribution in [0.3, 0.4) is 0 Å². The zero-order chi connectivity index (χ0) is 8.23. The average molecular weight is 195 g/mol. The van der Waals surface area contributed by atoms with E-state index in [1.807, 2.05) is 30.5 Å². The summed E-state index contributed by atoms with van der Waals surface area (Å²) in [5, 5.41) is 6.89. The summed E-state index contributed by atoms with van der Waals surface area (Å²) in [5.41, 5.74) is 2.38. The summed E-state index contributed by atoms with van der Waals surface area (Å²) < 4.78 is 0. The normalized spacial score (nSPS) is 9.23. The summed E-state index contributed by atoms with van der Waals surface area (Å²) >= 11 is 0. The molecule has 0 atom stereocenters. The molecule has 0 aliphatic carbocycles. The molecular weight excluding hydrogens is 184 g/mol. The van der Waals surface area contributed by atoms with Crippen molar-refractivity contribution >= 4 is 12.4 Å². The van der Waals surface area contributed by atoms with Gasteiger partial charge in [-0.3, -0.25) is 5.10 Å². The summed E-state index contributed by atoms with van der Waals surface area (Å²) in [6.45, 7) is 0. The monoisotopic (exact) mass is 194 g/mol. The minimum Gasteiger partial charge on any atom is -0.285 e. The topological polar surface area (TPSA) is 28.7 Å². The second-order valence-corrected chi connectivity index (χ2v) is 2.73. The summed E-state index contributed by atoms with van der Waals surface area (Å²) in [6, 6.07) is 12.3. The molecule has 0 saturated heterocycles. The number of benzene rings is 1. The standard InChI is InChI=1S/C10H10N2.ClH/c1-2-4-9(5-3-1)8-10-6-7-11-12-10;/h1-7H,8H2,(H,11,12);1H. The molecule has 0 spiro atoms. The highest BCUT2D eigenvalue weighted by atomic mass is 35.5. The van der Waals surface area contributed by atoms with Crippen LogP contribution in [-0.2, 0) is 6.42 Å². The number of rotatable bonds is 2. The molecule has 2 rings (SSSR count). The van der Waals surface area contributed by atoms with E-state index in [4.69, 9.17) is 0 Å². The van der Waals surface area contributed by atoms with Crippen LogP contribution < -0.4 is 0 Å². The smallest absolute Gasteiger partial charge is 0.0665 e. The van der Waals surface area contributed by atoms with Gasteiger partial charge in [-0.2, -0.15) is 5.10 Å². The first-order valence-electron chi connectivity index (χ1n) is 3.98. The predicted molar refractivity (Wildman–Crippen MR) is 55.1 cm³/mol. The lowest BCUT2D eigenvalue weighted by molar-refractivity contribution is 0.996. The van der Waals surface area contributed by atoms with E-state index in [0.29, 0.717) is 0 Å². The van der Waals surface area contributed by atoms with E-state index < -0.39 is 0 Å². The molecule has 3 heteroatoms. The Morgan fingerprint density at radius 2 is 1.85 bits per heavy atom. The van der Waals surface area contributed by atoms with Gasteiger partial charge in [0.05, 0.1) is 5.69 Å². The Labute approximate surface area is 83.4 Å². The molecule has 0 fully saturated rings. The van der Waals surface area contributed by atoms with Crippen molar-refractivity contribution in [2.45, 2.75) is 6.42 Å². The van der Waals surface area contributed by atoms with Crippen LogP contribution in [0.5, 0.6) is 0 Å². The number of halogens is 1. The van der Waals surface area contributed by atoms with Crippen LogP contribution in [0.2, 0.25) is 0 Å². The zero-order valence-electron chi connectivity index (χ0n) is 7.10. The Hall–Kier alpha value is -1.28. The number of aromatic amines is 1. The number of aromatic nitrogens is 2. The van der Waals surface area contributed by atoms with E-state index >= 15 is 0 Å². The maximum atomic E-state index is 4.09.